The second kappa shape index (κ2) is 7.08. The molecule has 136 valence electrons. The van der Waals surface area contributed by atoms with Crippen molar-refractivity contribution in [1.29, 1.82) is 0 Å². The van der Waals surface area contributed by atoms with Crippen molar-refractivity contribution in [3.63, 3.8) is 0 Å². The van der Waals surface area contributed by atoms with Crippen LogP contribution in [0, 0.1) is 13.8 Å². The third-order valence-electron chi connectivity index (χ3n) is 4.96. The molecule has 1 aromatic carbocycles. The highest BCUT2D eigenvalue weighted by Crippen LogP contribution is 2.44. The first-order chi connectivity index (χ1) is 11.7. The highest BCUT2D eigenvalue weighted by molar-refractivity contribution is 6.35. The van der Waals surface area contributed by atoms with Gasteiger partial charge in [-0.15, -0.1) is 0 Å². The van der Waals surface area contributed by atoms with Crippen molar-refractivity contribution in [2.75, 3.05) is 13.7 Å². The molecule has 0 fully saturated rings. The van der Waals surface area contributed by atoms with Crippen LogP contribution in [0.5, 0.6) is 0 Å². The lowest BCUT2D eigenvalue weighted by Gasteiger charge is -2.32. The van der Waals surface area contributed by atoms with Crippen molar-refractivity contribution >= 4 is 29.2 Å². The van der Waals surface area contributed by atoms with Gasteiger partial charge in [0.05, 0.1) is 17.7 Å². The van der Waals surface area contributed by atoms with Crippen molar-refractivity contribution in [3.05, 3.63) is 39.6 Å². The summed E-state index contributed by atoms with van der Waals surface area (Å²) < 4.78 is 10.4. The third kappa shape index (κ3) is 3.25. The Kier molecular flexibility index (Phi) is 5.47. The van der Waals surface area contributed by atoms with E-state index in [0.717, 1.165) is 11.1 Å². The lowest BCUT2D eigenvalue weighted by molar-refractivity contribution is -0.126. The summed E-state index contributed by atoms with van der Waals surface area (Å²) in [5, 5.41) is 0.449. The molecular weight excluding hydrogens is 342 g/mol. The Hall–Kier alpha value is -2.01. The van der Waals surface area contributed by atoms with Crippen LogP contribution in [0.1, 0.15) is 43.9 Å². The van der Waals surface area contributed by atoms with Gasteiger partial charge in [-0.1, -0.05) is 18.5 Å². The molecule has 1 aliphatic heterocycles. The Bertz CT molecular complexity index is 756. The van der Waals surface area contributed by atoms with Gasteiger partial charge in [-0.05, 0) is 57.4 Å². The fraction of sp³-hybridized carbons (Fsp3) is 0.474. The molecule has 2 rings (SSSR count). The number of carbonyl (C=O) groups is 2. The predicted octanol–water partition coefficient (Wildman–Crippen LogP) is 4.48. The summed E-state index contributed by atoms with van der Waals surface area (Å²) in [6.45, 7) is 9.59. The topological polar surface area (TPSA) is 55.8 Å². The largest absolute Gasteiger partial charge is 0.513 e. The van der Waals surface area contributed by atoms with Gasteiger partial charge >= 0.3 is 6.16 Å². The average molecular weight is 366 g/mol. The molecule has 0 spiro atoms. The standard InChI is InChI=1S/C19H24ClNO4/c1-7-19(5)16(25-18(23)24-8-2)15(17(22)21(19)6)13-9-11(3)12(4)10-14(13)20/h9-10H,7-8H2,1-6H3. The molecule has 1 aliphatic rings. The number of benzene rings is 1. The number of aryl methyl sites for hydroxylation is 2. The zero-order chi connectivity index (χ0) is 18.9. The molecule has 0 saturated heterocycles. The number of halogens is 1. The van der Waals surface area contributed by atoms with E-state index in [1.807, 2.05) is 39.8 Å². The van der Waals surface area contributed by atoms with Crippen LogP contribution >= 0.6 is 11.6 Å². The van der Waals surface area contributed by atoms with E-state index in [9.17, 15) is 9.59 Å². The smallest absolute Gasteiger partial charge is 0.434 e. The van der Waals surface area contributed by atoms with Crippen molar-refractivity contribution in [3.8, 4) is 0 Å². The molecule has 1 amide bonds. The van der Waals surface area contributed by atoms with Gasteiger partial charge in [0.1, 0.15) is 5.76 Å². The number of ether oxygens (including phenoxy) is 2. The van der Waals surface area contributed by atoms with Gasteiger partial charge < -0.3 is 14.4 Å². The first kappa shape index (κ1) is 19.3. The molecule has 1 atom stereocenters. The third-order valence-corrected chi connectivity index (χ3v) is 5.28. The molecule has 5 nitrogen and oxygen atoms in total. The van der Waals surface area contributed by atoms with Crippen molar-refractivity contribution < 1.29 is 19.1 Å². The van der Waals surface area contributed by atoms with Gasteiger partial charge in [0, 0.05) is 17.6 Å². The van der Waals surface area contributed by atoms with E-state index in [-0.39, 0.29) is 18.3 Å². The van der Waals surface area contributed by atoms with Crippen LogP contribution in [0.25, 0.3) is 5.57 Å². The van der Waals surface area contributed by atoms with Gasteiger partial charge in [-0.2, -0.15) is 0 Å². The minimum absolute atomic E-state index is 0.193. The monoisotopic (exact) mass is 365 g/mol. The summed E-state index contributed by atoms with van der Waals surface area (Å²) in [5.41, 5.74) is 2.16. The molecule has 1 aromatic rings. The van der Waals surface area contributed by atoms with E-state index in [4.69, 9.17) is 21.1 Å². The van der Waals surface area contributed by atoms with E-state index in [0.29, 0.717) is 22.6 Å². The Morgan fingerprint density at radius 3 is 2.40 bits per heavy atom. The first-order valence-electron chi connectivity index (χ1n) is 8.32. The molecule has 0 bridgehead atoms. The zero-order valence-electron chi connectivity index (χ0n) is 15.5. The summed E-state index contributed by atoms with van der Waals surface area (Å²) in [4.78, 5) is 26.5. The number of carbonyl (C=O) groups excluding carboxylic acids is 2. The first-order valence-corrected chi connectivity index (χ1v) is 8.69. The average Bonchev–Trinajstić information content (AvgIpc) is 2.73. The highest BCUT2D eigenvalue weighted by atomic mass is 35.5. The van der Waals surface area contributed by atoms with E-state index >= 15 is 0 Å². The van der Waals surface area contributed by atoms with E-state index < -0.39 is 11.7 Å². The second-order valence-electron chi connectivity index (χ2n) is 6.40. The maximum Gasteiger partial charge on any atom is 0.513 e. The lowest BCUT2D eigenvalue weighted by Crippen LogP contribution is -2.43. The molecule has 6 heteroatoms. The maximum atomic E-state index is 13.0. The molecule has 0 aliphatic carbocycles. The fourth-order valence-corrected chi connectivity index (χ4v) is 3.22. The molecule has 25 heavy (non-hydrogen) atoms. The van der Waals surface area contributed by atoms with Crippen LogP contribution in [-0.4, -0.2) is 36.2 Å². The second-order valence-corrected chi connectivity index (χ2v) is 6.80. The van der Waals surface area contributed by atoms with Gasteiger partial charge in [-0.25, -0.2) is 4.79 Å². The normalized spacial score (nSPS) is 20.3. The SMILES string of the molecule is CCOC(=O)OC1=C(c2cc(C)c(C)cc2Cl)C(=O)N(C)C1(C)CC. The zero-order valence-corrected chi connectivity index (χ0v) is 16.3. The van der Waals surface area contributed by atoms with E-state index in [1.54, 1.807) is 18.9 Å². The van der Waals surface area contributed by atoms with Crippen LogP contribution in [0.2, 0.25) is 5.02 Å². The lowest BCUT2D eigenvalue weighted by atomic mass is 9.93. The van der Waals surface area contributed by atoms with E-state index in [1.165, 1.54) is 0 Å². The van der Waals surface area contributed by atoms with Crippen molar-refractivity contribution in [2.24, 2.45) is 0 Å². The fourth-order valence-electron chi connectivity index (χ4n) is 2.91. The molecule has 0 aromatic heterocycles. The number of amides is 1. The number of rotatable bonds is 4. The summed E-state index contributed by atoms with van der Waals surface area (Å²) >= 11 is 6.42. The minimum atomic E-state index is -0.822. The van der Waals surface area contributed by atoms with Gasteiger partial charge in [0.25, 0.3) is 5.91 Å². The van der Waals surface area contributed by atoms with Crippen LogP contribution in [0.3, 0.4) is 0 Å². The Morgan fingerprint density at radius 2 is 1.84 bits per heavy atom. The number of hydrogen-bond donors (Lipinski definition) is 0. The number of hydrogen-bond acceptors (Lipinski definition) is 4. The summed E-state index contributed by atoms with van der Waals surface area (Å²) in [6.07, 6.45) is -0.242. The van der Waals surface area contributed by atoms with E-state index in [2.05, 4.69) is 0 Å². The van der Waals surface area contributed by atoms with Crippen LogP contribution < -0.4 is 0 Å². The molecule has 0 N–H and O–H groups in total. The Labute approximate surface area is 153 Å². The molecular formula is C19H24ClNO4. The summed E-state index contributed by atoms with van der Waals surface area (Å²) in [6, 6.07) is 3.67. The van der Waals surface area contributed by atoms with Gasteiger partial charge in [0.15, 0.2) is 0 Å². The van der Waals surface area contributed by atoms with Gasteiger partial charge in [-0.3, -0.25) is 4.79 Å². The summed E-state index contributed by atoms with van der Waals surface area (Å²) in [7, 11) is 1.70. The summed E-state index contributed by atoms with van der Waals surface area (Å²) in [5.74, 6) is 0.0555. The van der Waals surface area contributed by atoms with Crippen molar-refractivity contribution in [2.45, 2.75) is 46.6 Å². The Balaban J connectivity index is 2.70. The molecule has 0 radical (unpaired) electrons. The van der Waals surface area contributed by atoms with Gasteiger partial charge in [0.2, 0.25) is 0 Å². The molecule has 0 saturated carbocycles. The van der Waals surface area contributed by atoms with Crippen molar-refractivity contribution in [1.82, 2.24) is 4.90 Å². The minimum Gasteiger partial charge on any atom is -0.434 e. The van der Waals surface area contributed by atoms with Crippen LogP contribution in [-0.2, 0) is 14.3 Å². The highest BCUT2D eigenvalue weighted by Gasteiger charge is 2.49. The maximum absolute atomic E-state index is 13.0. The molecule has 1 heterocycles. The predicted molar refractivity (Wildman–Crippen MR) is 97.4 cm³/mol. The number of likely N-dealkylation sites (N-methyl/N-ethyl adjacent to an activating group) is 1. The molecule has 1 unspecified atom stereocenters. The van der Waals surface area contributed by atoms with Crippen LogP contribution in [0.15, 0.2) is 17.9 Å². The Morgan fingerprint density at radius 1 is 1.24 bits per heavy atom. The van der Waals surface area contributed by atoms with Crippen LogP contribution in [0.4, 0.5) is 4.79 Å². The quantitative estimate of drug-likeness (QED) is 0.738. The number of nitrogens with zero attached hydrogens (tertiary/aromatic N) is 1.